The van der Waals surface area contributed by atoms with Gasteiger partial charge in [-0.1, -0.05) is 17.3 Å². The van der Waals surface area contributed by atoms with Gasteiger partial charge >= 0.3 is 12.1 Å². The molecule has 0 radical (unpaired) electrons. The molecule has 6 nitrogen and oxygen atoms in total. The molecule has 0 aliphatic carbocycles. The van der Waals surface area contributed by atoms with Crippen LogP contribution in [0.5, 0.6) is 0 Å². The van der Waals surface area contributed by atoms with E-state index >= 15 is 0 Å². The first-order valence-corrected chi connectivity index (χ1v) is 5.86. The summed E-state index contributed by atoms with van der Waals surface area (Å²) in [7, 11) is 0. The molecule has 9 heteroatoms. The molecular formula is C12H11F3N4O2. The van der Waals surface area contributed by atoms with Gasteiger partial charge in [-0.3, -0.25) is 4.79 Å². The summed E-state index contributed by atoms with van der Waals surface area (Å²) in [6.45, 7) is -0.383. The fourth-order valence-electron chi connectivity index (χ4n) is 1.84. The fraction of sp³-hybridized carbons (Fsp3) is 0.250. The van der Waals surface area contributed by atoms with Gasteiger partial charge in [0.05, 0.1) is 12.1 Å². The lowest BCUT2D eigenvalue weighted by Crippen LogP contribution is -2.16. The van der Waals surface area contributed by atoms with Crippen molar-refractivity contribution in [3.8, 4) is 5.69 Å². The van der Waals surface area contributed by atoms with Crippen LogP contribution in [0.2, 0.25) is 0 Å². The van der Waals surface area contributed by atoms with Crippen LogP contribution >= 0.6 is 0 Å². The van der Waals surface area contributed by atoms with Crippen molar-refractivity contribution < 1.29 is 23.1 Å². The minimum absolute atomic E-state index is 0.128. The van der Waals surface area contributed by atoms with Crippen molar-refractivity contribution in [1.82, 2.24) is 15.0 Å². The summed E-state index contributed by atoms with van der Waals surface area (Å²) in [5.41, 5.74) is 4.45. The molecule has 0 saturated carbocycles. The van der Waals surface area contributed by atoms with Gasteiger partial charge < -0.3 is 10.8 Å². The highest BCUT2D eigenvalue weighted by Gasteiger charge is 2.39. The molecule has 1 aromatic carbocycles. The number of carbonyl (C=O) groups is 1. The van der Waals surface area contributed by atoms with Gasteiger partial charge in [-0.15, -0.1) is 5.10 Å². The summed E-state index contributed by atoms with van der Waals surface area (Å²) in [5, 5.41) is 15.5. The van der Waals surface area contributed by atoms with Crippen LogP contribution in [0.4, 0.5) is 13.2 Å². The molecule has 0 spiro atoms. The van der Waals surface area contributed by atoms with Crippen LogP contribution in [-0.4, -0.2) is 26.1 Å². The van der Waals surface area contributed by atoms with Crippen LogP contribution in [0, 0.1) is 0 Å². The summed E-state index contributed by atoms with van der Waals surface area (Å²) >= 11 is 0. The van der Waals surface area contributed by atoms with Crippen LogP contribution in [0.25, 0.3) is 5.69 Å². The van der Waals surface area contributed by atoms with Crippen LogP contribution in [0.15, 0.2) is 24.3 Å². The van der Waals surface area contributed by atoms with Crippen molar-refractivity contribution >= 4 is 5.97 Å². The monoisotopic (exact) mass is 300 g/mol. The number of aliphatic carboxylic acids is 1. The first kappa shape index (κ1) is 15.0. The van der Waals surface area contributed by atoms with Gasteiger partial charge in [-0.2, -0.15) is 13.2 Å². The number of carboxylic acid groups (broad SMARTS) is 1. The van der Waals surface area contributed by atoms with Gasteiger partial charge in [0.1, 0.15) is 5.69 Å². The smallest absolute Gasteiger partial charge is 0.435 e. The van der Waals surface area contributed by atoms with Crippen molar-refractivity contribution in [2.24, 2.45) is 5.73 Å². The van der Waals surface area contributed by atoms with E-state index in [0.717, 1.165) is 0 Å². The van der Waals surface area contributed by atoms with E-state index in [1.54, 1.807) is 0 Å². The van der Waals surface area contributed by atoms with E-state index in [1.807, 2.05) is 0 Å². The molecule has 0 atom stereocenters. The molecule has 0 unspecified atom stereocenters. The Balaban J connectivity index is 2.43. The minimum Gasteiger partial charge on any atom is -0.481 e. The Morgan fingerprint density at radius 2 is 1.90 bits per heavy atom. The highest BCUT2D eigenvalue weighted by atomic mass is 19.4. The number of aromatic nitrogens is 3. The molecule has 3 N–H and O–H groups in total. The normalized spacial score (nSPS) is 11.6. The number of halogens is 3. The first-order chi connectivity index (χ1) is 9.82. The van der Waals surface area contributed by atoms with Gasteiger partial charge in [-0.05, 0) is 17.7 Å². The maximum absolute atomic E-state index is 13.0. The van der Waals surface area contributed by atoms with Gasteiger partial charge in [0.25, 0.3) is 0 Å². The second kappa shape index (κ2) is 5.52. The zero-order chi connectivity index (χ0) is 15.6. The molecular weight excluding hydrogens is 289 g/mol. The van der Waals surface area contributed by atoms with E-state index in [0.29, 0.717) is 10.2 Å². The highest BCUT2D eigenvalue weighted by Crippen LogP contribution is 2.32. The van der Waals surface area contributed by atoms with Crippen LogP contribution in [-0.2, 0) is 23.9 Å². The van der Waals surface area contributed by atoms with E-state index in [-0.39, 0.29) is 24.3 Å². The topological polar surface area (TPSA) is 94.0 Å². The fourth-order valence-corrected chi connectivity index (χ4v) is 1.84. The lowest BCUT2D eigenvalue weighted by atomic mass is 10.1. The Kier molecular flexibility index (Phi) is 3.94. The van der Waals surface area contributed by atoms with Gasteiger partial charge in [0.2, 0.25) is 0 Å². The number of nitrogens with zero attached hydrogens (tertiary/aromatic N) is 3. The van der Waals surface area contributed by atoms with Crippen molar-refractivity contribution in [3.63, 3.8) is 0 Å². The number of hydrogen-bond donors (Lipinski definition) is 2. The molecule has 21 heavy (non-hydrogen) atoms. The number of benzene rings is 1. The molecule has 0 bridgehead atoms. The van der Waals surface area contributed by atoms with Crippen LogP contribution < -0.4 is 5.73 Å². The molecule has 1 aromatic heterocycles. The Morgan fingerprint density at radius 3 is 2.38 bits per heavy atom. The Bertz CT molecular complexity index is 650. The lowest BCUT2D eigenvalue weighted by molar-refractivity contribution is -0.143. The quantitative estimate of drug-likeness (QED) is 0.889. The molecule has 0 saturated heterocycles. The lowest BCUT2D eigenvalue weighted by Gasteiger charge is -2.11. The van der Waals surface area contributed by atoms with Crippen molar-refractivity contribution in [2.45, 2.75) is 19.1 Å². The van der Waals surface area contributed by atoms with Crippen molar-refractivity contribution in [2.75, 3.05) is 0 Å². The molecule has 2 rings (SSSR count). The minimum atomic E-state index is -4.64. The van der Waals surface area contributed by atoms with E-state index in [9.17, 15) is 18.0 Å². The number of rotatable bonds is 4. The second-order valence-electron chi connectivity index (χ2n) is 4.24. The maximum atomic E-state index is 13.0. The van der Waals surface area contributed by atoms with E-state index < -0.39 is 17.8 Å². The van der Waals surface area contributed by atoms with E-state index in [4.69, 9.17) is 10.8 Å². The molecule has 112 valence electrons. The van der Waals surface area contributed by atoms with Crippen LogP contribution in [0.3, 0.4) is 0 Å². The second-order valence-corrected chi connectivity index (χ2v) is 4.24. The standard InChI is InChI=1S/C12H11F3N4O2/c13-12(14,15)11-9(6-16)17-18-19(11)8-3-1-7(2-4-8)5-10(20)21/h1-4H,5-6,16H2,(H,20,21). The third-order valence-electron chi connectivity index (χ3n) is 2.74. The highest BCUT2D eigenvalue weighted by molar-refractivity contribution is 5.70. The van der Waals surface area contributed by atoms with Crippen LogP contribution in [0.1, 0.15) is 17.0 Å². The number of nitrogens with two attached hydrogens (primary N) is 1. The van der Waals surface area contributed by atoms with Gasteiger partial charge in [0.15, 0.2) is 5.69 Å². The third-order valence-corrected chi connectivity index (χ3v) is 2.74. The summed E-state index contributed by atoms with van der Waals surface area (Å²) in [5.74, 6) is -1.02. The third kappa shape index (κ3) is 3.19. The summed E-state index contributed by atoms with van der Waals surface area (Å²) in [4.78, 5) is 10.6. The molecule has 2 aromatic rings. The number of alkyl halides is 3. The SMILES string of the molecule is NCc1nnn(-c2ccc(CC(=O)O)cc2)c1C(F)(F)F. The number of hydrogen-bond acceptors (Lipinski definition) is 4. The Morgan fingerprint density at radius 1 is 1.29 bits per heavy atom. The maximum Gasteiger partial charge on any atom is 0.435 e. The largest absolute Gasteiger partial charge is 0.481 e. The summed E-state index contributed by atoms with van der Waals surface area (Å²) in [6, 6.07) is 5.55. The molecule has 0 fully saturated rings. The predicted molar refractivity (Wildman–Crippen MR) is 65.6 cm³/mol. The molecule has 0 aliphatic heterocycles. The summed E-state index contributed by atoms with van der Waals surface area (Å²) < 4.78 is 39.7. The van der Waals surface area contributed by atoms with Gasteiger partial charge in [-0.25, -0.2) is 4.68 Å². The predicted octanol–water partition coefficient (Wildman–Crippen LogP) is 1.37. The van der Waals surface area contributed by atoms with Gasteiger partial charge in [0, 0.05) is 6.54 Å². The van der Waals surface area contributed by atoms with Crippen molar-refractivity contribution in [3.05, 3.63) is 41.2 Å². The number of carboxylic acids is 1. The van der Waals surface area contributed by atoms with Crippen molar-refractivity contribution in [1.29, 1.82) is 0 Å². The Hall–Kier alpha value is -2.42. The van der Waals surface area contributed by atoms with E-state index in [1.165, 1.54) is 24.3 Å². The summed E-state index contributed by atoms with van der Waals surface area (Å²) in [6.07, 6.45) is -4.85. The Labute approximate surface area is 117 Å². The average Bonchev–Trinajstić information content (AvgIpc) is 2.82. The zero-order valence-electron chi connectivity index (χ0n) is 10.6. The molecule has 0 amide bonds. The molecule has 1 heterocycles. The van der Waals surface area contributed by atoms with E-state index in [2.05, 4.69) is 10.3 Å². The first-order valence-electron chi connectivity index (χ1n) is 5.86. The average molecular weight is 300 g/mol. The zero-order valence-corrected chi connectivity index (χ0v) is 10.6. The molecule has 0 aliphatic rings.